The molecule has 13 heavy (non-hydrogen) atoms. The smallest absolute Gasteiger partial charge is 0.0208 e. The van der Waals surface area contributed by atoms with Gasteiger partial charge in [-0.2, -0.15) is 0 Å². The second-order valence-corrected chi connectivity index (χ2v) is 4.37. The predicted octanol–water partition coefficient (Wildman–Crippen LogP) is 4.34. The Morgan fingerprint density at radius 2 is 1.92 bits per heavy atom. The van der Waals surface area contributed by atoms with Crippen LogP contribution in [0, 0.1) is 11.8 Å². The summed E-state index contributed by atoms with van der Waals surface area (Å²) < 4.78 is 0. The molecular formula is C13H22. The van der Waals surface area contributed by atoms with Gasteiger partial charge in [0.15, 0.2) is 0 Å². The van der Waals surface area contributed by atoms with Crippen LogP contribution in [0.4, 0.5) is 0 Å². The predicted molar refractivity (Wildman–Crippen MR) is 59.7 cm³/mol. The van der Waals surface area contributed by atoms with Crippen LogP contribution in [0.15, 0.2) is 24.3 Å². The highest BCUT2D eigenvalue weighted by atomic mass is 14.3. The van der Waals surface area contributed by atoms with Gasteiger partial charge >= 0.3 is 0 Å². The third-order valence-corrected chi connectivity index (χ3v) is 3.25. The summed E-state index contributed by atoms with van der Waals surface area (Å²) in [6.07, 6.45) is 11.3. The number of hydrogen-bond donors (Lipinski definition) is 0. The van der Waals surface area contributed by atoms with Crippen molar-refractivity contribution in [1.29, 1.82) is 0 Å². The number of hydrogen-bond acceptors (Lipinski definition) is 0. The third kappa shape index (κ3) is 3.38. The average molecular weight is 178 g/mol. The van der Waals surface area contributed by atoms with Crippen LogP contribution >= 0.6 is 0 Å². The molecule has 0 N–H and O–H groups in total. The molecule has 74 valence electrons. The van der Waals surface area contributed by atoms with Crippen LogP contribution in [-0.4, -0.2) is 0 Å². The summed E-state index contributed by atoms with van der Waals surface area (Å²) in [5.74, 6) is 1.77. The Hall–Kier alpha value is -0.520. The Kier molecular flexibility index (Phi) is 4.27. The second-order valence-electron chi connectivity index (χ2n) is 4.37. The number of allylic oxidation sites excluding steroid dienone is 3. The van der Waals surface area contributed by atoms with Gasteiger partial charge in [-0.3, -0.25) is 0 Å². The molecule has 0 amide bonds. The monoisotopic (exact) mass is 178 g/mol. The van der Waals surface area contributed by atoms with E-state index in [9.17, 15) is 0 Å². The van der Waals surface area contributed by atoms with Crippen molar-refractivity contribution in [2.24, 2.45) is 11.8 Å². The molecule has 0 nitrogen and oxygen atoms in total. The van der Waals surface area contributed by atoms with Crippen LogP contribution in [-0.2, 0) is 0 Å². The lowest BCUT2D eigenvalue weighted by Gasteiger charge is -2.28. The fraction of sp³-hybridized carbons (Fsp3) is 0.692. The zero-order chi connectivity index (χ0) is 9.68. The zero-order valence-corrected chi connectivity index (χ0v) is 9.05. The highest BCUT2D eigenvalue weighted by molar-refractivity contribution is 4.98. The van der Waals surface area contributed by atoms with E-state index in [2.05, 4.69) is 32.6 Å². The highest BCUT2D eigenvalue weighted by Crippen LogP contribution is 2.34. The van der Waals surface area contributed by atoms with Gasteiger partial charge in [-0.25, -0.2) is 0 Å². The van der Waals surface area contributed by atoms with Gasteiger partial charge in [0.05, 0.1) is 0 Å². The lowest BCUT2D eigenvalue weighted by Crippen LogP contribution is -2.14. The lowest BCUT2D eigenvalue weighted by molar-refractivity contribution is 0.304. The van der Waals surface area contributed by atoms with E-state index in [4.69, 9.17) is 0 Å². The van der Waals surface area contributed by atoms with Gasteiger partial charge in [0.25, 0.3) is 0 Å². The van der Waals surface area contributed by atoms with Gasteiger partial charge in [0.2, 0.25) is 0 Å². The van der Waals surface area contributed by atoms with Crippen molar-refractivity contribution in [3.05, 3.63) is 24.3 Å². The minimum atomic E-state index is 0.821. The maximum Gasteiger partial charge on any atom is -0.0208 e. The summed E-state index contributed by atoms with van der Waals surface area (Å²) in [4.78, 5) is 0. The maximum atomic E-state index is 4.05. The second kappa shape index (κ2) is 5.26. The Morgan fingerprint density at radius 3 is 2.38 bits per heavy atom. The zero-order valence-electron chi connectivity index (χ0n) is 9.05. The van der Waals surface area contributed by atoms with Crippen LogP contribution in [0.2, 0.25) is 0 Å². The summed E-state index contributed by atoms with van der Waals surface area (Å²) in [5.41, 5.74) is 1.39. The van der Waals surface area contributed by atoms with Crippen LogP contribution in [0.25, 0.3) is 0 Å². The van der Waals surface area contributed by atoms with Crippen LogP contribution in [0.3, 0.4) is 0 Å². The first-order chi connectivity index (χ1) is 6.24. The van der Waals surface area contributed by atoms with E-state index < -0.39 is 0 Å². The summed E-state index contributed by atoms with van der Waals surface area (Å²) in [7, 11) is 0. The van der Waals surface area contributed by atoms with Crippen LogP contribution in [0.1, 0.15) is 46.0 Å². The molecule has 1 aliphatic carbocycles. The highest BCUT2D eigenvalue weighted by Gasteiger charge is 2.20. The molecule has 0 bridgehead atoms. The van der Waals surface area contributed by atoms with Crippen molar-refractivity contribution in [3.63, 3.8) is 0 Å². The largest absolute Gasteiger partial charge is 0.0999 e. The molecule has 0 aromatic heterocycles. The molecule has 1 saturated carbocycles. The molecule has 0 aromatic carbocycles. The van der Waals surface area contributed by atoms with E-state index in [1.807, 2.05) is 0 Å². The molecule has 0 radical (unpaired) electrons. The van der Waals surface area contributed by atoms with E-state index in [0.717, 1.165) is 11.8 Å². The molecule has 0 heteroatoms. The minimum absolute atomic E-state index is 0.821. The van der Waals surface area contributed by atoms with Crippen molar-refractivity contribution >= 4 is 0 Å². The first-order valence-corrected chi connectivity index (χ1v) is 5.50. The van der Waals surface area contributed by atoms with Crippen LogP contribution in [0.5, 0.6) is 0 Å². The Bertz CT molecular complexity index is 180. The average Bonchev–Trinajstić information content (AvgIpc) is 2.15. The number of rotatable bonds is 3. The molecule has 0 aliphatic heterocycles. The topological polar surface area (TPSA) is 0 Å². The molecule has 0 atom stereocenters. The molecule has 0 saturated heterocycles. The first-order valence-electron chi connectivity index (χ1n) is 5.50. The molecular weight excluding hydrogens is 156 g/mol. The van der Waals surface area contributed by atoms with Crippen molar-refractivity contribution < 1.29 is 0 Å². The molecule has 1 fully saturated rings. The summed E-state index contributed by atoms with van der Waals surface area (Å²) in [5, 5.41) is 0. The van der Waals surface area contributed by atoms with Crippen molar-refractivity contribution in [1.82, 2.24) is 0 Å². The maximum absolute atomic E-state index is 4.05. The van der Waals surface area contributed by atoms with E-state index in [1.165, 1.54) is 37.7 Å². The molecule has 0 unspecified atom stereocenters. The Balaban J connectivity index is 2.26. The van der Waals surface area contributed by atoms with Gasteiger partial charge < -0.3 is 0 Å². The van der Waals surface area contributed by atoms with Gasteiger partial charge in [-0.05, 0) is 57.8 Å². The van der Waals surface area contributed by atoms with E-state index in [1.54, 1.807) is 0 Å². The Labute approximate surface area is 82.7 Å². The SMILES string of the molecule is C=C(C)C1CCC(CC=CC)CC1. The van der Waals surface area contributed by atoms with Gasteiger partial charge in [-0.1, -0.05) is 24.3 Å². The molecule has 0 spiro atoms. The lowest BCUT2D eigenvalue weighted by atomic mass is 9.78. The quantitative estimate of drug-likeness (QED) is 0.564. The fourth-order valence-electron chi connectivity index (χ4n) is 2.22. The Morgan fingerprint density at radius 1 is 1.31 bits per heavy atom. The van der Waals surface area contributed by atoms with Gasteiger partial charge in [-0.15, -0.1) is 0 Å². The van der Waals surface area contributed by atoms with E-state index >= 15 is 0 Å². The van der Waals surface area contributed by atoms with Gasteiger partial charge in [0, 0.05) is 0 Å². The van der Waals surface area contributed by atoms with E-state index in [-0.39, 0.29) is 0 Å². The fourth-order valence-corrected chi connectivity index (χ4v) is 2.22. The first kappa shape index (κ1) is 10.6. The van der Waals surface area contributed by atoms with Gasteiger partial charge in [0.1, 0.15) is 0 Å². The molecule has 1 rings (SSSR count). The molecule has 0 aromatic rings. The third-order valence-electron chi connectivity index (χ3n) is 3.25. The van der Waals surface area contributed by atoms with Crippen molar-refractivity contribution in [3.8, 4) is 0 Å². The molecule has 1 aliphatic rings. The standard InChI is InChI=1S/C13H22/c1-4-5-6-12-7-9-13(10-8-12)11(2)3/h4-5,12-13H,2,6-10H2,1,3H3. The summed E-state index contributed by atoms with van der Waals surface area (Å²) in [6, 6.07) is 0. The van der Waals surface area contributed by atoms with E-state index in [0.29, 0.717) is 0 Å². The normalized spacial score (nSPS) is 29.4. The summed E-state index contributed by atoms with van der Waals surface area (Å²) >= 11 is 0. The minimum Gasteiger partial charge on any atom is -0.0999 e. The molecule has 0 heterocycles. The summed E-state index contributed by atoms with van der Waals surface area (Å²) in [6.45, 7) is 8.34. The van der Waals surface area contributed by atoms with Crippen molar-refractivity contribution in [2.75, 3.05) is 0 Å². The van der Waals surface area contributed by atoms with Crippen molar-refractivity contribution in [2.45, 2.75) is 46.0 Å². The van der Waals surface area contributed by atoms with Crippen LogP contribution < -0.4 is 0 Å².